The van der Waals surface area contributed by atoms with Crippen molar-refractivity contribution in [1.29, 1.82) is 0 Å². The first-order valence-electron chi connectivity index (χ1n) is 6.26. The molecule has 0 unspecified atom stereocenters. The van der Waals surface area contributed by atoms with Crippen molar-refractivity contribution in [3.05, 3.63) is 46.5 Å². The summed E-state index contributed by atoms with van der Waals surface area (Å²) in [6.07, 6.45) is 0. The molecule has 3 N–H and O–H groups in total. The summed E-state index contributed by atoms with van der Waals surface area (Å²) in [6, 6.07) is 9.12. The maximum absolute atomic E-state index is 11.4. The zero-order valence-electron chi connectivity index (χ0n) is 10.9. The lowest BCUT2D eigenvalue weighted by Crippen LogP contribution is -2.10. The number of nitrogens with two attached hydrogens (primary N) is 1. The second kappa shape index (κ2) is 4.81. The van der Waals surface area contributed by atoms with Crippen LogP contribution in [0.4, 0.5) is 16.2 Å². The monoisotopic (exact) mass is 286 g/mol. The van der Waals surface area contributed by atoms with Gasteiger partial charge in [0.1, 0.15) is 0 Å². The van der Waals surface area contributed by atoms with Crippen molar-refractivity contribution in [2.24, 2.45) is 5.73 Å². The van der Waals surface area contributed by atoms with E-state index in [1.165, 1.54) is 0 Å². The van der Waals surface area contributed by atoms with Crippen LogP contribution in [0.5, 0.6) is 0 Å². The summed E-state index contributed by atoms with van der Waals surface area (Å²) in [5.41, 5.74) is 11.0. The smallest absolute Gasteiger partial charge is 0.326 e. The van der Waals surface area contributed by atoms with E-state index in [9.17, 15) is 4.79 Å². The Morgan fingerprint density at radius 1 is 1.35 bits per heavy atom. The Balaban J connectivity index is 2.30. The zero-order valence-corrected chi connectivity index (χ0v) is 11.7. The predicted molar refractivity (Wildman–Crippen MR) is 80.3 cm³/mol. The van der Waals surface area contributed by atoms with Crippen LogP contribution in [0.2, 0.25) is 5.02 Å². The van der Waals surface area contributed by atoms with Gasteiger partial charge in [0.25, 0.3) is 0 Å². The molecule has 0 fully saturated rings. The number of carbonyl (C=O) groups is 1. The van der Waals surface area contributed by atoms with Gasteiger partial charge in [-0.3, -0.25) is 0 Å². The molecule has 0 aromatic heterocycles. The number of fused-ring (bicyclic) bond motifs is 1. The average Bonchev–Trinajstić information content (AvgIpc) is 2.78. The number of halogens is 1. The lowest BCUT2D eigenvalue weighted by atomic mass is 9.93. The van der Waals surface area contributed by atoms with E-state index < -0.39 is 0 Å². The molecule has 0 atom stereocenters. The number of aryl methyl sites for hydroxylation is 1. The standard InChI is InChI=1S/C15H13ClN3O/c1-8-6-12-14(19-15(20)18-12)10(7-17)13(8)9-4-2-3-5-11(9)16/h2-6H,7,17H2,1H3,(H,19,20). The second-order valence-corrected chi connectivity index (χ2v) is 5.07. The number of hydrogen-bond acceptors (Lipinski definition) is 2. The van der Waals surface area contributed by atoms with Crippen LogP contribution >= 0.6 is 11.6 Å². The maximum Gasteiger partial charge on any atom is 0.346 e. The number of rotatable bonds is 2. The number of nitrogens with zero attached hydrogens (tertiary/aromatic N) is 1. The van der Waals surface area contributed by atoms with E-state index in [4.69, 9.17) is 17.3 Å². The fourth-order valence-electron chi connectivity index (χ4n) is 2.58. The summed E-state index contributed by atoms with van der Waals surface area (Å²) in [4.78, 5) is 11.4. The van der Waals surface area contributed by atoms with Crippen molar-refractivity contribution in [3.8, 4) is 11.1 Å². The van der Waals surface area contributed by atoms with Crippen LogP contribution in [0.1, 0.15) is 11.1 Å². The van der Waals surface area contributed by atoms with Crippen molar-refractivity contribution in [1.82, 2.24) is 5.32 Å². The fourth-order valence-corrected chi connectivity index (χ4v) is 2.81. The fraction of sp³-hybridized carbons (Fsp3) is 0.133. The lowest BCUT2D eigenvalue weighted by molar-refractivity contribution is 0.256. The van der Waals surface area contributed by atoms with Crippen LogP contribution in [-0.4, -0.2) is 6.03 Å². The molecule has 1 heterocycles. The quantitative estimate of drug-likeness (QED) is 0.886. The summed E-state index contributed by atoms with van der Waals surface area (Å²) in [7, 11) is 0. The van der Waals surface area contributed by atoms with Gasteiger partial charge in [0.15, 0.2) is 0 Å². The van der Waals surface area contributed by atoms with Gasteiger partial charge in [-0.1, -0.05) is 29.8 Å². The number of benzene rings is 2. The van der Waals surface area contributed by atoms with E-state index in [2.05, 4.69) is 10.6 Å². The molecule has 2 aromatic carbocycles. The van der Waals surface area contributed by atoms with E-state index >= 15 is 0 Å². The highest BCUT2D eigenvalue weighted by atomic mass is 35.5. The van der Waals surface area contributed by atoms with Crippen molar-refractivity contribution in [2.75, 3.05) is 5.32 Å². The highest BCUT2D eigenvalue weighted by Crippen LogP contribution is 2.42. The van der Waals surface area contributed by atoms with Crippen LogP contribution in [0.3, 0.4) is 0 Å². The third-order valence-electron chi connectivity index (χ3n) is 3.41. The van der Waals surface area contributed by atoms with Crippen molar-refractivity contribution < 1.29 is 4.79 Å². The average molecular weight is 287 g/mol. The van der Waals surface area contributed by atoms with Gasteiger partial charge in [-0.15, -0.1) is 0 Å². The Morgan fingerprint density at radius 3 is 2.80 bits per heavy atom. The van der Waals surface area contributed by atoms with Gasteiger partial charge in [-0.2, -0.15) is 5.32 Å². The van der Waals surface area contributed by atoms with E-state index in [-0.39, 0.29) is 6.03 Å². The molecule has 0 bridgehead atoms. The van der Waals surface area contributed by atoms with Gasteiger partial charge in [0.2, 0.25) is 0 Å². The molecule has 20 heavy (non-hydrogen) atoms. The van der Waals surface area contributed by atoms with E-state index in [1.54, 1.807) is 0 Å². The molecule has 3 rings (SSSR count). The molecule has 1 aliphatic rings. The molecule has 101 valence electrons. The molecule has 0 saturated carbocycles. The van der Waals surface area contributed by atoms with Gasteiger partial charge >= 0.3 is 6.03 Å². The van der Waals surface area contributed by atoms with Crippen LogP contribution in [0.15, 0.2) is 30.3 Å². The Hall–Kier alpha value is -2.04. The summed E-state index contributed by atoms with van der Waals surface area (Å²) in [5.74, 6) is 0. The summed E-state index contributed by atoms with van der Waals surface area (Å²) < 4.78 is 0. The van der Waals surface area contributed by atoms with E-state index in [0.29, 0.717) is 22.9 Å². The normalized spacial score (nSPS) is 12.8. The van der Waals surface area contributed by atoms with Crippen LogP contribution < -0.4 is 16.4 Å². The van der Waals surface area contributed by atoms with Crippen LogP contribution in [0.25, 0.3) is 11.1 Å². The first-order valence-corrected chi connectivity index (χ1v) is 6.63. The van der Waals surface area contributed by atoms with Crippen molar-refractivity contribution in [2.45, 2.75) is 13.5 Å². The molecule has 5 heteroatoms. The van der Waals surface area contributed by atoms with Crippen molar-refractivity contribution in [3.63, 3.8) is 0 Å². The molecule has 1 aliphatic heterocycles. The minimum Gasteiger partial charge on any atom is -0.326 e. The summed E-state index contributed by atoms with van der Waals surface area (Å²) in [6.45, 7) is 2.27. The number of hydrogen-bond donors (Lipinski definition) is 2. The zero-order chi connectivity index (χ0) is 14.3. The number of urea groups is 1. The van der Waals surface area contributed by atoms with E-state index in [1.807, 2.05) is 37.3 Å². The Bertz CT molecular complexity index is 713. The number of carbonyl (C=O) groups excluding carboxylic acids is 1. The molecule has 2 aromatic rings. The van der Waals surface area contributed by atoms with Crippen molar-refractivity contribution >= 4 is 29.0 Å². The highest BCUT2D eigenvalue weighted by molar-refractivity contribution is 6.33. The number of amides is 2. The van der Waals surface area contributed by atoms with Gasteiger partial charge in [0, 0.05) is 17.1 Å². The van der Waals surface area contributed by atoms with Crippen LogP contribution in [0, 0.1) is 6.92 Å². The maximum atomic E-state index is 11.4. The summed E-state index contributed by atoms with van der Waals surface area (Å²) in [5, 5.41) is 7.34. The molecule has 0 aliphatic carbocycles. The number of anilines is 1. The number of nitrogens with one attached hydrogen (secondary N) is 1. The first-order chi connectivity index (χ1) is 9.61. The topological polar surface area (TPSA) is 69.2 Å². The largest absolute Gasteiger partial charge is 0.346 e. The second-order valence-electron chi connectivity index (χ2n) is 4.67. The third kappa shape index (κ3) is 1.94. The minimum atomic E-state index is -0.356. The predicted octanol–water partition coefficient (Wildman–Crippen LogP) is 3.56. The van der Waals surface area contributed by atoms with Gasteiger partial charge in [-0.25, -0.2) is 4.79 Å². The SMILES string of the molecule is Cc1cc2c(c(CN)c1-c1ccccc1Cl)NC(=O)[N]2. The molecular weight excluding hydrogens is 274 g/mol. The van der Waals surface area contributed by atoms with E-state index in [0.717, 1.165) is 22.3 Å². The van der Waals surface area contributed by atoms with Gasteiger partial charge in [-0.05, 0) is 35.7 Å². The molecule has 0 spiro atoms. The summed E-state index contributed by atoms with van der Waals surface area (Å²) >= 11 is 6.29. The molecular formula is C15H13ClN3O. The third-order valence-corrected chi connectivity index (χ3v) is 3.74. The first kappa shape index (κ1) is 13.0. The van der Waals surface area contributed by atoms with Gasteiger partial charge in [0.05, 0.1) is 11.4 Å². The Kier molecular flexibility index (Phi) is 3.12. The van der Waals surface area contributed by atoms with Gasteiger partial charge < -0.3 is 11.1 Å². The molecule has 1 radical (unpaired) electrons. The molecule has 2 amide bonds. The highest BCUT2D eigenvalue weighted by Gasteiger charge is 2.25. The Morgan fingerprint density at radius 2 is 2.10 bits per heavy atom. The minimum absolute atomic E-state index is 0.306. The molecule has 4 nitrogen and oxygen atoms in total. The Labute approximate surface area is 121 Å². The lowest BCUT2D eigenvalue weighted by Gasteiger charge is -2.16. The van der Waals surface area contributed by atoms with Crippen LogP contribution in [-0.2, 0) is 6.54 Å². The molecule has 0 saturated heterocycles.